The number of thiophene rings is 1. The van der Waals surface area contributed by atoms with Gasteiger partial charge in [0.2, 0.25) is 5.91 Å². The zero-order valence-electron chi connectivity index (χ0n) is 16.3. The molecule has 7 nitrogen and oxygen atoms in total. The van der Waals surface area contributed by atoms with Gasteiger partial charge < -0.3 is 10.6 Å². The molecule has 1 saturated heterocycles. The van der Waals surface area contributed by atoms with Crippen molar-refractivity contribution in [2.75, 3.05) is 13.1 Å². The Bertz CT molecular complexity index is 1040. The molecule has 0 bridgehead atoms. The number of carbonyl (C=O) groups excluding carboxylic acids is 4. The van der Waals surface area contributed by atoms with E-state index in [1.165, 1.54) is 31.3 Å². The number of urea groups is 1. The van der Waals surface area contributed by atoms with E-state index in [4.69, 9.17) is 0 Å². The number of carbonyl (C=O) groups is 4. The molecular weight excluding hydrogens is 416 g/mol. The van der Waals surface area contributed by atoms with Crippen molar-refractivity contribution in [3.8, 4) is 0 Å². The normalized spacial score (nSPS) is 18.5. The van der Waals surface area contributed by atoms with Crippen molar-refractivity contribution in [3.05, 3.63) is 57.3 Å². The highest BCUT2D eigenvalue weighted by Crippen LogP contribution is 2.30. The van der Waals surface area contributed by atoms with Crippen LogP contribution >= 0.6 is 11.3 Å². The summed E-state index contributed by atoms with van der Waals surface area (Å²) in [5, 5.41) is 5.11. The molecule has 2 aromatic rings. The van der Waals surface area contributed by atoms with Gasteiger partial charge in [-0.1, -0.05) is 6.07 Å². The highest BCUT2D eigenvalue weighted by Gasteiger charge is 2.49. The number of hydrogen-bond donors (Lipinski definition) is 2. The van der Waals surface area contributed by atoms with Gasteiger partial charge in [0.25, 0.3) is 5.91 Å². The highest BCUT2D eigenvalue weighted by molar-refractivity contribution is 7.14. The van der Waals surface area contributed by atoms with Gasteiger partial charge in [0.15, 0.2) is 17.4 Å². The zero-order chi connectivity index (χ0) is 22.1. The maximum absolute atomic E-state index is 13.6. The Kier molecular flexibility index (Phi) is 5.97. The van der Waals surface area contributed by atoms with Crippen molar-refractivity contribution in [2.45, 2.75) is 25.8 Å². The van der Waals surface area contributed by atoms with Crippen molar-refractivity contribution in [3.63, 3.8) is 0 Å². The number of halogens is 2. The van der Waals surface area contributed by atoms with E-state index in [9.17, 15) is 28.0 Å². The summed E-state index contributed by atoms with van der Waals surface area (Å²) in [7, 11) is 0. The SMILES string of the molecule is CC(=O)NCCc1ccc(C(=O)CN2C(=O)N[C@@](C)(c3ccc(F)c(F)c3)C2=O)s1. The Hall–Kier alpha value is -3.14. The van der Waals surface area contributed by atoms with Crippen LogP contribution in [0.5, 0.6) is 0 Å². The fourth-order valence-electron chi connectivity index (χ4n) is 3.09. The van der Waals surface area contributed by atoms with E-state index >= 15 is 0 Å². The third kappa shape index (κ3) is 4.23. The van der Waals surface area contributed by atoms with Crippen molar-refractivity contribution in [2.24, 2.45) is 0 Å². The molecule has 1 fully saturated rings. The number of hydrogen-bond acceptors (Lipinski definition) is 5. The predicted octanol–water partition coefficient (Wildman–Crippen LogP) is 2.35. The summed E-state index contributed by atoms with van der Waals surface area (Å²) in [5.41, 5.74) is -1.53. The molecule has 30 heavy (non-hydrogen) atoms. The fourth-order valence-corrected chi connectivity index (χ4v) is 4.03. The molecule has 10 heteroatoms. The Morgan fingerprint density at radius 2 is 1.90 bits per heavy atom. The Balaban J connectivity index is 1.71. The molecule has 0 radical (unpaired) electrons. The van der Waals surface area contributed by atoms with Gasteiger partial charge in [-0.05, 0) is 43.2 Å². The lowest BCUT2D eigenvalue weighted by Crippen LogP contribution is -2.41. The Morgan fingerprint density at radius 3 is 2.57 bits per heavy atom. The number of ketones is 1. The molecule has 0 spiro atoms. The fraction of sp³-hybridized carbons (Fsp3) is 0.300. The second-order valence-corrected chi connectivity index (χ2v) is 8.17. The first-order valence-electron chi connectivity index (χ1n) is 9.08. The van der Waals surface area contributed by atoms with Crippen LogP contribution in [0.1, 0.15) is 34.0 Å². The molecule has 1 aromatic heterocycles. The van der Waals surface area contributed by atoms with Crippen molar-refractivity contribution >= 4 is 35.0 Å². The van der Waals surface area contributed by atoms with Crippen LogP contribution in [0, 0.1) is 11.6 Å². The predicted molar refractivity (Wildman–Crippen MR) is 105 cm³/mol. The number of nitrogens with zero attached hydrogens (tertiary/aromatic N) is 1. The van der Waals surface area contributed by atoms with Crippen LogP contribution in [0.4, 0.5) is 13.6 Å². The van der Waals surface area contributed by atoms with Crippen molar-refractivity contribution in [1.29, 1.82) is 0 Å². The van der Waals surface area contributed by atoms with E-state index < -0.39 is 41.4 Å². The summed E-state index contributed by atoms with van der Waals surface area (Å²) in [6.45, 7) is 2.74. The van der Waals surface area contributed by atoms with Gasteiger partial charge in [0.05, 0.1) is 11.4 Å². The Labute approximate surface area is 175 Å². The van der Waals surface area contributed by atoms with E-state index in [0.29, 0.717) is 17.8 Å². The smallest absolute Gasteiger partial charge is 0.325 e. The first kappa shape index (κ1) is 21.6. The number of rotatable bonds is 7. The van der Waals surface area contributed by atoms with Crippen LogP contribution in [0.15, 0.2) is 30.3 Å². The summed E-state index contributed by atoms with van der Waals surface area (Å²) in [4.78, 5) is 50.7. The van der Waals surface area contributed by atoms with Gasteiger partial charge in [-0.15, -0.1) is 11.3 Å². The number of imide groups is 1. The summed E-state index contributed by atoms with van der Waals surface area (Å²) in [6.07, 6.45) is 0.550. The molecule has 2 heterocycles. The third-order valence-corrected chi connectivity index (χ3v) is 5.94. The maximum Gasteiger partial charge on any atom is 0.325 e. The molecule has 1 aromatic carbocycles. The summed E-state index contributed by atoms with van der Waals surface area (Å²) in [5.74, 6) is -3.52. The van der Waals surface area contributed by atoms with Crippen molar-refractivity contribution < 1.29 is 28.0 Å². The van der Waals surface area contributed by atoms with Crippen LogP contribution in [0.3, 0.4) is 0 Å². The van der Waals surface area contributed by atoms with E-state index in [-0.39, 0.29) is 11.5 Å². The quantitative estimate of drug-likeness (QED) is 0.516. The number of benzene rings is 1. The van der Waals surface area contributed by atoms with Crippen molar-refractivity contribution in [1.82, 2.24) is 15.5 Å². The van der Waals surface area contributed by atoms with E-state index in [1.54, 1.807) is 12.1 Å². The van der Waals surface area contributed by atoms with Gasteiger partial charge in [0, 0.05) is 18.3 Å². The average Bonchev–Trinajstić information content (AvgIpc) is 3.23. The number of amides is 4. The van der Waals surface area contributed by atoms with Crippen LogP contribution in [0.2, 0.25) is 0 Å². The molecule has 3 rings (SSSR count). The standard InChI is InChI=1S/C20H19F2N3O4S/c1-11(26)23-8-7-13-4-6-17(30-13)16(27)10-25-18(28)20(2,24-19(25)29)12-3-5-14(21)15(22)9-12/h3-6,9H,7-8,10H2,1-2H3,(H,23,26)(H,24,29)/t20-/m0/s1. The van der Waals surface area contributed by atoms with Crippen LogP contribution in [-0.2, 0) is 21.5 Å². The van der Waals surface area contributed by atoms with E-state index in [1.807, 2.05) is 0 Å². The zero-order valence-corrected chi connectivity index (χ0v) is 17.1. The van der Waals surface area contributed by atoms with Gasteiger partial charge in [0.1, 0.15) is 5.54 Å². The summed E-state index contributed by atoms with van der Waals surface area (Å²) < 4.78 is 26.8. The van der Waals surface area contributed by atoms with Gasteiger partial charge in [-0.25, -0.2) is 13.6 Å². The molecular formula is C20H19F2N3O4S. The number of Topliss-reactive ketones (excluding diaryl/α,β-unsaturated/α-hetero) is 1. The van der Waals surface area contributed by atoms with Gasteiger partial charge in [-0.3, -0.25) is 19.3 Å². The molecule has 158 valence electrons. The molecule has 1 atom stereocenters. The summed E-state index contributed by atoms with van der Waals surface area (Å²) >= 11 is 1.22. The molecule has 0 saturated carbocycles. The van der Waals surface area contributed by atoms with E-state index in [2.05, 4.69) is 10.6 Å². The Morgan fingerprint density at radius 1 is 1.17 bits per heavy atom. The molecule has 0 unspecified atom stereocenters. The minimum Gasteiger partial charge on any atom is -0.356 e. The largest absolute Gasteiger partial charge is 0.356 e. The van der Waals surface area contributed by atoms with Crippen LogP contribution < -0.4 is 10.6 Å². The second kappa shape index (κ2) is 8.31. The lowest BCUT2D eigenvalue weighted by atomic mass is 9.92. The first-order chi connectivity index (χ1) is 14.1. The second-order valence-electron chi connectivity index (χ2n) is 7.00. The lowest BCUT2D eigenvalue weighted by molar-refractivity contribution is -0.130. The number of nitrogens with one attached hydrogen (secondary N) is 2. The molecule has 1 aliphatic heterocycles. The molecule has 2 N–H and O–H groups in total. The molecule has 4 amide bonds. The van der Waals surface area contributed by atoms with Gasteiger partial charge >= 0.3 is 6.03 Å². The first-order valence-corrected chi connectivity index (χ1v) is 9.89. The topological polar surface area (TPSA) is 95.6 Å². The van der Waals surface area contributed by atoms with Gasteiger partial charge in [-0.2, -0.15) is 0 Å². The van der Waals surface area contributed by atoms with E-state index in [0.717, 1.165) is 21.9 Å². The minimum atomic E-state index is -1.61. The maximum atomic E-state index is 13.6. The molecule has 1 aliphatic rings. The summed E-state index contributed by atoms with van der Waals surface area (Å²) in [6, 6.07) is 5.49. The highest BCUT2D eigenvalue weighted by atomic mass is 32.1. The lowest BCUT2D eigenvalue weighted by Gasteiger charge is -2.22. The monoisotopic (exact) mass is 435 g/mol. The average molecular weight is 435 g/mol. The third-order valence-electron chi connectivity index (χ3n) is 4.76. The molecule has 0 aliphatic carbocycles. The minimum absolute atomic E-state index is 0.0751. The van der Waals surface area contributed by atoms with Crippen LogP contribution in [0.25, 0.3) is 0 Å². The van der Waals surface area contributed by atoms with Crippen LogP contribution in [-0.4, -0.2) is 41.6 Å².